The zero-order valence-corrected chi connectivity index (χ0v) is 21.1. The highest BCUT2D eigenvalue weighted by Crippen LogP contribution is 2.36. The molecule has 39 heavy (non-hydrogen) atoms. The van der Waals surface area contributed by atoms with Crippen molar-refractivity contribution in [2.45, 2.75) is 0 Å². The lowest BCUT2D eigenvalue weighted by atomic mass is 10.0. The van der Waals surface area contributed by atoms with E-state index in [4.69, 9.17) is 0 Å². The molecule has 2 aromatic carbocycles. The summed E-state index contributed by atoms with van der Waals surface area (Å²) in [6, 6.07) is 24.1. The molecule has 7 nitrogen and oxygen atoms in total. The highest BCUT2D eigenvalue weighted by atomic mass is 32.1. The van der Waals surface area contributed by atoms with Crippen LogP contribution < -0.4 is 5.32 Å². The Labute approximate surface area is 225 Å². The Hall–Kier alpha value is -5.15. The van der Waals surface area contributed by atoms with E-state index in [2.05, 4.69) is 30.5 Å². The zero-order chi connectivity index (χ0) is 26.3. The van der Waals surface area contributed by atoms with Gasteiger partial charge in [0.05, 0.1) is 23.1 Å². The molecule has 0 unspecified atom stereocenters. The third-order valence-electron chi connectivity index (χ3n) is 6.55. The normalized spacial score (nSPS) is 11.3. The number of anilines is 1. The number of rotatable bonds is 5. The van der Waals surface area contributed by atoms with Gasteiger partial charge in [0.25, 0.3) is 5.91 Å². The van der Waals surface area contributed by atoms with Gasteiger partial charge in [-0.3, -0.25) is 14.9 Å². The Balaban J connectivity index is 1.25. The van der Waals surface area contributed by atoms with Crippen molar-refractivity contribution in [3.05, 3.63) is 108 Å². The number of hydrogen-bond acceptors (Lipinski definition) is 5. The number of aromatic amines is 2. The minimum Gasteiger partial charge on any atom is -0.338 e. The van der Waals surface area contributed by atoms with Gasteiger partial charge in [0, 0.05) is 44.7 Å². The second kappa shape index (κ2) is 9.30. The number of halogens is 1. The third kappa shape index (κ3) is 4.24. The molecule has 5 aromatic heterocycles. The molecular formula is C30H19FN6OS. The molecule has 7 aromatic rings. The van der Waals surface area contributed by atoms with E-state index in [0.29, 0.717) is 16.9 Å². The monoisotopic (exact) mass is 530 g/mol. The number of carbonyl (C=O) groups is 1. The fourth-order valence-electron chi connectivity index (χ4n) is 4.69. The molecular weight excluding hydrogens is 511 g/mol. The van der Waals surface area contributed by atoms with Gasteiger partial charge in [0.15, 0.2) is 5.13 Å². The molecule has 0 saturated carbocycles. The summed E-state index contributed by atoms with van der Waals surface area (Å²) in [5, 5.41) is 12.2. The first kappa shape index (κ1) is 23.0. The molecule has 7 rings (SSSR count). The van der Waals surface area contributed by atoms with Crippen molar-refractivity contribution in [3.63, 3.8) is 0 Å². The second-order valence-corrected chi connectivity index (χ2v) is 10.1. The van der Waals surface area contributed by atoms with Gasteiger partial charge in [-0.15, -0.1) is 11.3 Å². The van der Waals surface area contributed by atoms with Gasteiger partial charge in [0.1, 0.15) is 11.3 Å². The van der Waals surface area contributed by atoms with Crippen LogP contribution in [0, 0.1) is 5.13 Å². The van der Waals surface area contributed by atoms with Crippen molar-refractivity contribution < 1.29 is 9.18 Å². The number of carbonyl (C=O) groups excluding carboxylic acids is 1. The van der Waals surface area contributed by atoms with Crippen LogP contribution in [-0.4, -0.2) is 31.1 Å². The number of nitrogens with zero attached hydrogens (tertiary/aromatic N) is 3. The summed E-state index contributed by atoms with van der Waals surface area (Å²) in [5.41, 5.74) is 7.00. The largest absolute Gasteiger partial charge is 0.338 e. The highest BCUT2D eigenvalue weighted by Gasteiger charge is 2.16. The number of nitrogens with one attached hydrogen (secondary N) is 3. The summed E-state index contributed by atoms with van der Waals surface area (Å²) in [7, 11) is 0. The molecule has 0 aliphatic rings. The van der Waals surface area contributed by atoms with Crippen LogP contribution in [-0.2, 0) is 0 Å². The van der Waals surface area contributed by atoms with Crippen molar-refractivity contribution in [1.82, 2.24) is 25.1 Å². The SMILES string of the molecule is O=C(Nc1cncc(-c2ccc3[nH]nc(-c4cc5c(-c6ccc(F)s6)ccnc5[nH]4)c3c2)c1)c1ccccc1. The molecule has 1 amide bonds. The Morgan fingerprint density at radius 3 is 2.64 bits per heavy atom. The standard InChI is InChI=1S/C30H19FN6OS/c31-27-9-8-26(39-27)21-10-11-33-29-22(21)14-25(35-29)28-23-13-18(6-7-24(23)36-37-28)19-12-20(16-32-15-19)34-30(38)17-4-2-1-3-5-17/h1-16H,(H,33,35)(H,34,38)(H,36,37). The molecule has 188 valence electrons. The maximum Gasteiger partial charge on any atom is 0.255 e. The van der Waals surface area contributed by atoms with Gasteiger partial charge >= 0.3 is 0 Å². The van der Waals surface area contributed by atoms with Crippen molar-refractivity contribution >= 4 is 44.9 Å². The number of aromatic nitrogens is 5. The average Bonchev–Trinajstić information content (AvgIpc) is 3.71. The topological polar surface area (TPSA) is 99.3 Å². The maximum atomic E-state index is 13.7. The van der Waals surface area contributed by atoms with Gasteiger partial charge in [-0.05, 0) is 60.2 Å². The number of fused-ring (bicyclic) bond motifs is 2. The van der Waals surface area contributed by atoms with Gasteiger partial charge < -0.3 is 10.3 Å². The van der Waals surface area contributed by atoms with Crippen LogP contribution in [0.2, 0.25) is 0 Å². The predicted molar refractivity (Wildman–Crippen MR) is 152 cm³/mol. The van der Waals surface area contributed by atoms with E-state index in [-0.39, 0.29) is 11.0 Å². The first-order valence-electron chi connectivity index (χ1n) is 12.2. The zero-order valence-electron chi connectivity index (χ0n) is 20.3. The lowest BCUT2D eigenvalue weighted by Gasteiger charge is -2.08. The van der Waals surface area contributed by atoms with Crippen LogP contribution in [0.3, 0.4) is 0 Å². The third-order valence-corrected chi connectivity index (χ3v) is 7.46. The van der Waals surface area contributed by atoms with Crippen LogP contribution in [0.5, 0.6) is 0 Å². The summed E-state index contributed by atoms with van der Waals surface area (Å²) in [6.45, 7) is 0. The molecule has 0 saturated heterocycles. The van der Waals surface area contributed by atoms with E-state index in [0.717, 1.165) is 60.6 Å². The van der Waals surface area contributed by atoms with E-state index in [1.54, 1.807) is 36.8 Å². The van der Waals surface area contributed by atoms with Crippen LogP contribution in [0.4, 0.5) is 10.1 Å². The van der Waals surface area contributed by atoms with Crippen molar-refractivity contribution in [1.29, 1.82) is 0 Å². The van der Waals surface area contributed by atoms with Crippen LogP contribution in [0.15, 0.2) is 97.5 Å². The summed E-state index contributed by atoms with van der Waals surface area (Å²) in [6.07, 6.45) is 5.10. The molecule has 0 bridgehead atoms. The van der Waals surface area contributed by atoms with Crippen molar-refractivity contribution in [2.75, 3.05) is 5.32 Å². The lowest BCUT2D eigenvalue weighted by Crippen LogP contribution is -2.11. The quantitative estimate of drug-likeness (QED) is 0.218. The molecule has 0 radical (unpaired) electrons. The van der Waals surface area contributed by atoms with Crippen molar-refractivity contribution in [3.8, 4) is 33.0 Å². The Bertz CT molecular complexity index is 1990. The molecule has 0 aliphatic heterocycles. The van der Waals surface area contributed by atoms with E-state index in [9.17, 15) is 9.18 Å². The summed E-state index contributed by atoms with van der Waals surface area (Å²) in [5.74, 6) is -0.195. The number of amides is 1. The number of pyridine rings is 2. The molecule has 0 aliphatic carbocycles. The van der Waals surface area contributed by atoms with Crippen LogP contribution in [0.1, 0.15) is 10.4 Å². The fourth-order valence-corrected chi connectivity index (χ4v) is 5.46. The number of H-pyrrole nitrogens is 2. The maximum absolute atomic E-state index is 13.7. The molecule has 0 fully saturated rings. The summed E-state index contributed by atoms with van der Waals surface area (Å²) >= 11 is 1.11. The molecule has 3 N–H and O–H groups in total. The van der Waals surface area contributed by atoms with Crippen LogP contribution in [0.25, 0.3) is 54.9 Å². The summed E-state index contributed by atoms with van der Waals surface area (Å²) in [4.78, 5) is 25.7. The molecule has 0 spiro atoms. The minimum absolute atomic E-state index is 0.195. The average molecular weight is 531 g/mol. The Morgan fingerprint density at radius 1 is 0.897 bits per heavy atom. The second-order valence-electron chi connectivity index (χ2n) is 9.02. The number of hydrogen-bond donors (Lipinski definition) is 3. The first-order valence-corrected chi connectivity index (χ1v) is 13.0. The van der Waals surface area contributed by atoms with Crippen LogP contribution >= 0.6 is 11.3 Å². The fraction of sp³-hybridized carbons (Fsp3) is 0. The predicted octanol–water partition coefficient (Wildman–Crippen LogP) is 7.29. The molecule has 0 atom stereocenters. The van der Waals surface area contributed by atoms with Crippen molar-refractivity contribution in [2.24, 2.45) is 0 Å². The number of benzene rings is 2. The lowest BCUT2D eigenvalue weighted by molar-refractivity contribution is 0.102. The molecule has 9 heteroatoms. The molecule has 5 heterocycles. The van der Waals surface area contributed by atoms with Gasteiger partial charge in [0.2, 0.25) is 0 Å². The Morgan fingerprint density at radius 2 is 1.79 bits per heavy atom. The van der Waals surface area contributed by atoms with Gasteiger partial charge in [-0.25, -0.2) is 4.98 Å². The summed E-state index contributed by atoms with van der Waals surface area (Å²) < 4.78 is 13.7. The van der Waals surface area contributed by atoms with E-state index in [1.807, 2.05) is 54.6 Å². The highest BCUT2D eigenvalue weighted by molar-refractivity contribution is 7.14. The van der Waals surface area contributed by atoms with E-state index < -0.39 is 0 Å². The van der Waals surface area contributed by atoms with Gasteiger partial charge in [-0.2, -0.15) is 9.49 Å². The van der Waals surface area contributed by atoms with Gasteiger partial charge in [-0.1, -0.05) is 24.3 Å². The van der Waals surface area contributed by atoms with E-state index in [1.165, 1.54) is 6.07 Å². The first-order chi connectivity index (χ1) is 19.1. The minimum atomic E-state index is -0.227. The number of thiophene rings is 1. The van der Waals surface area contributed by atoms with E-state index >= 15 is 0 Å². The Kier molecular flexibility index (Phi) is 5.49. The smallest absolute Gasteiger partial charge is 0.255 e.